The molecule has 184 valence electrons. The Kier molecular flexibility index (Phi) is 6.17. The summed E-state index contributed by atoms with van der Waals surface area (Å²) in [6, 6.07) is 4.41. The second-order valence-corrected chi connectivity index (χ2v) is 8.89. The summed E-state index contributed by atoms with van der Waals surface area (Å²) in [6.45, 7) is -0.916. The number of allylic oxidation sites excluding steroid dienone is 2. The van der Waals surface area contributed by atoms with Gasteiger partial charge in [-0.2, -0.15) is 0 Å². The third kappa shape index (κ3) is 3.90. The zero-order chi connectivity index (χ0) is 25.6. The Morgan fingerprint density at radius 2 is 2.14 bits per heavy atom. The van der Waals surface area contributed by atoms with E-state index in [4.69, 9.17) is 25.8 Å². The van der Waals surface area contributed by atoms with Gasteiger partial charge in [0.05, 0.1) is 25.3 Å². The number of hydrogen-bond donors (Lipinski definition) is 4. The smallest absolute Gasteiger partial charge is 0.343 e. The Morgan fingerprint density at radius 3 is 2.86 bits per heavy atom. The number of phenolic OH excluding ortho intramolecular Hbond substituents is 1. The maximum Gasteiger partial charge on any atom is 0.343 e. The van der Waals surface area contributed by atoms with E-state index in [0.717, 1.165) is 5.57 Å². The van der Waals surface area contributed by atoms with E-state index >= 15 is 0 Å². The lowest BCUT2D eigenvalue weighted by Crippen LogP contribution is -2.33. The molecule has 5 rings (SSSR count). The quantitative estimate of drug-likeness (QED) is 0.265. The minimum Gasteiger partial charge on any atom is -0.507 e. The van der Waals surface area contributed by atoms with Crippen LogP contribution >= 0.6 is 11.6 Å². The van der Waals surface area contributed by atoms with Gasteiger partial charge in [-0.25, -0.2) is 4.79 Å². The topological polar surface area (TPSA) is 129 Å². The van der Waals surface area contributed by atoms with Crippen LogP contribution in [-0.4, -0.2) is 64.0 Å². The van der Waals surface area contributed by atoms with Crippen molar-refractivity contribution in [2.45, 2.75) is 36.9 Å². The molecule has 0 spiro atoms. The van der Waals surface area contributed by atoms with Gasteiger partial charge in [-0.15, -0.1) is 0 Å². The number of rotatable bonds is 6. The van der Waals surface area contributed by atoms with Gasteiger partial charge < -0.3 is 34.6 Å². The van der Waals surface area contributed by atoms with Crippen LogP contribution in [0.3, 0.4) is 0 Å². The number of carbonyl (C=O) groups excluding carboxylic acids is 1. The summed E-state index contributed by atoms with van der Waals surface area (Å²) >= 11 is 6.32. The van der Waals surface area contributed by atoms with Crippen molar-refractivity contribution < 1.29 is 39.4 Å². The maximum absolute atomic E-state index is 13.2. The molecule has 9 heteroatoms. The molecule has 1 heterocycles. The van der Waals surface area contributed by atoms with Crippen molar-refractivity contribution in [3.05, 3.63) is 57.6 Å². The first kappa shape index (κ1) is 24.2. The highest BCUT2D eigenvalue weighted by molar-refractivity contribution is 6.34. The second kappa shape index (κ2) is 9.18. The molecule has 0 saturated carbocycles. The Labute approximate surface area is 211 Å². The molecule has 1 aliphatic heterocycles. The highest BCUT2D eigenvalue weighted by atomic mass is 35.5. The molecule has 3 aliphatic rings. The normalized spacial score (nSPS) is 25.7. The fraction of sp³-hybridized carbons (Fsp3) is 0.296. The first-order valence-electron chi connectivity index (χ1n) is 11.1. The van der Waals surface area contributed by atoms with E-state index < -0.39 is 43.1 Å². The molecular formula is C27H21ClO8. The van der Waals surface area contributed by atoms with E-state index in [0.29, 0.717) is 28.3 Å². The van der Waals surface area contributed by atoms with Crippen molar-refractivity contribution in [3.63, 3.8) is 0 Å². The minimum atomic E-state index is -1.25. The molecular weight excluding hydrogens is 488 g/mol. The first-order chi connectivity index (χ1) is 17.3. The van der Waals surface area contributed by atoms with Gasteiger partial charge in [-0.3, -0.25) is 0 Å². The Bertz CT molecular complexity index is 1470. The van der Waals surface area contributed by atoms with Crippen molar-refractivity contribution in [1.29, 1.82) is 0 Å². The largest absolute Gasteiger partial charge is 0.507 e. The third-order valence-electron chi connectivity index (χ3n) is 6.43. The molecule has 8 nitrogen and oxygen atoms in total. The van der Waals surface area contributed by atoms with E-state index in [1.54, 1.807) is 18.2 Å². The number of halogens is 1. The van der Waals surface area contributed by atoms with Crippen molar-refractivity contribution in [3.8, 4) is 35.2 Å². The van der Waals surface area contributed by atoms with E-state index in [1.807, 2.05) is 0 Å². The summed E-state index contributed by atoms with van der Waals surface area (Å²) in [7, 11) is 1.41. The summed E-state index contributed by atoms with van der Waals surface area (Å²) in [5.41, 5.74) is 0.342. The number of phenols is 1. The van der Waals surface area contributed by atoms with Crippen LogP contribution in [0.4, 0.5) is 0 Å². The van der Waals surface area contributed by atoms with E-state index in [-0.39, 0.29) is 22.1 Å². The highest BCUT2D eigenvalue weighted by Crippen LogP contribution is 2.41. The van der Waals surface area contributed by atoms with Gasteiger partial charge in [0.1, 0.15) is 29.3 Å². The molecule has 0 amide bonds. The van der Waals surface area contributed by atoms with Gasteiger partial charge in [0.15, 0.2) is 11.7 Å². The lowest BCUT2D eigenvalue weighted by Gasteiger charge is -2.16. The molecule has 36 heavy (non-hydrogen) atoms. The minimum absolute atomic E-state index is 0.0872. The average molecular weight is 509 g/mol. The summed E-state index contributed by atoms with van der Waals surface area (Å²) in [5.74, 6) is 10.8. The maximum atomic E-state index is 13.2. The Hall–Kier alpha value is -3.50. The van der Waals surface area contributed by atoms with Crippen LogP contribution in [0.25, 0.3) is 10.8 Å². The molecule has 1 saturated heterocycles. The van der Waals surface area contributed by atoms with Crippen LogP contribution in [0.1, 0.15) is 22.3 Å². The summed E-state index contributed by atoms with van der Waals surface area (Å²) in [4.78, 5) is 13.2. The van der Waals surface area contributed by atoms with Crippen molar-refractivity contribution in [1.82, 2.24) is 0 Å². The number of epoxide rings is 1. The van der Waals surface area contributed by atoms with Gasteiger partial charge in [-0.05, 0) is 35.2 Å². The van der Waals surface area contributed by atoms with E-state index in [9.17, 15) is 25.2 Å². The van der Waals surface area contributed by atoms with Crippen LogP contribution < -0.4 is 4.74 Å². The van der Waals surface area contributed by atoms with Gasteiger partial charge in [0, 0.05) is 22.9 Å². The Morgan fingerprint density at radius 1 is 1.33 bits per heavy atom. The zero-order valence-electron chi connectivity index (χ0n) is 19.0. The molecule has 2 aliphatic carbocycles. The van der Waals surface area contributed by atoms with Gasteiger partial charge in [0.2, 0.25) is 0 Å². The van der Waals surface area contributed by atoms with Crippen molar-refractivity contribution in [2.75, 3.05) is 13.7 Å². The number of aromatic hydroxyl groups is 1. The van der Waals surface area contributed by atoms with Crippen molar-refractivity contribution in [2.24, 2.45) is 0 Å². The standard InChI is InChI=1S/C27H21ClO8/c1-34-21-11-18-17(19(12-29)25(21)28)5-6-20(31)24(18)26(33)35-16-9-14-3-2-4-23-27(36-23,22(32)13-30)8-7-15(14)10-16/h3,5-6,10-11,16,22-23,29-32H,9,12-13H2,1H3/b14-3-/t16-,22-,23-,27+/m0/s1. The average Bonchev–Trinajstić information content (AvgIpc) is 3.43. The van der Waals surface area contributed by atoms with Crippen LogP contribution in [0.15, 0.2) is 41.5 Å². The monoisotopic (exact) mass is 508 g/mol. The SMILES string of the molecule is COc1cc2c(C(=O)O[C@@H]3C=C4C#C[C@]5([C@@H](O)CO)O[C@H]5C#C/C=C\4C3)c(O)ccc2c(CO)c1Cl. The molecule has 2 aromatic rings. The molecule has 1 fully saturated rings. The summed E-state index contributed by atoms with van der Waals surface area (Å²) in [5, 5.41) is 40.9. The molecule has 0 radical (unpaired) electrons. The fourth-order valence-electron chi connectivity index (χ4n) is 4.44. The zero-order valence-corrected chi connectivity index (χ0v) is 19.8. The molecule has 0 unspecified atom stereocenters. The molecule has 4 atom stereocenters. The van der Waals surface area contributed by atoms with Crippen LogP contribution in [-0.2, 0) is 16.1 Å². The van der Waals surface area contributed by atoms with Crippen LogP contribution in [0, 0.1) is 23.7 Å². The van der Waals surface area contributed by atoms with Crippen LogP contribution in [0.2, 0.25) is 5.02 Å². The summed E-state index contributed by atoms with van der Waals surface area (Å²) in [6.07, 6.45) is 1.15. The number of benzene rings is 2. The fourth-order valence-corrected chi connectivity index (χ4v) is 4.74. The van der Waals surface area contributed by atoms with Gasteiger partial charge in [0.25, 0.3) is 0 Å². The van der Waals surface area contributed by atoms with Crippen molar-refractivity contribution >= 4 is 28.3 Å². The highest BCUT2D eigenvalue weighted by Gasteiger charge is 2.60. The number of ether oxygens (including phenoxy) is 3. The number of fused-ring (bicyclic) bond motifs is 3. The van der Waals surface area contributed by atoms with E-state index in [1.165, 1.54) is 19.2 Å². The molecule has 4 N–H and O–H groups in total. The first-order valence-corrected chi connectivity index (χ1v) is 11.5. The molecule has 0 bridgehead atoms. The van der Waals surface area contributed by atoms with Gasteiger partial charge in [-0.1, -0.05) is 41.3 Å². The molecule has 2 aromatic carbocycles. The second-order valence-electron chi connectivity index (χ2n) is 8.51. The number of aliphatic hydroxyl groups excluding tert-OH is 3. The summed E-state index contributed by atoms with van der Waals surface area (Å²) < 4.78 is 16.5. The number of methoxy groups -OCH3 is 1. The number of aliphatic hydroxyl groups is 3. The predicted molar refractivity (Wildman–Crippen MR) is 129 cm³/mol. The number of hydrogen-bond acceptors (Lipinski definition) is 8. The third-order valence-corrected chi connectivity index (χ3v) is 6.85. The lowest BCUT2D eigenvalue weighted by molar-refractivity contribution is 0.0404. The predicted octanol–water partition coefficient (Wildman–Crippen LogP) is 1.99. The van der Waals surface area contributed by atoms with Crippen LogP contribution in [0.5, 0.6) is 11.5 Å². The van der Waals surface area contributed by atoms with Gasteiger partial charge >= 0.3 is 5.97 Å². The Balaban J connectivity index is 1.48. The number of carbonyl (C=O) groups is 1. The lowest BCUT2D eigenvalue weighted by atomic mass is 9.98. The van der Waals surface area contributed by atoms with E-state index in [2.05, 4.69) is 23.7 Å². The molecule has 0 aromatic heterocycles. The number of esters is 1.